The molecule has 1 heterocycles. The zero-order valence-corrected chi connectivity index (χ0v) is 11.0. The van der Waals surface area contributed by atoms with Crippen molar-refractivity contribution in [1.82, 2.24) is 14.8 Å². The molecule has 1 aromatic heterocycles. The maximum atomic E-state index is 5.98. The van der Waals surface area contributed by atoms with Crippen molar-refractivity contribution in [2.45, 2.75) is 37.5 Å². The Balaban J connectivity index is 2.07. The van der Waals surface area contributed by atoms with Gasteiger partial charge in [0.25, 0.3) is 0 Å². The average molecular weight is 262 g/mol. The molecule has 1 fully saturated rings. The van der Waals surface area contributed by atoms with Gasteiger partial charge in [0.15, 0.2) is 5.82 Å². The first-order chi connectivity index (χ1) is 8.90. The molecule has 3 nitrogen and oxygen atoms in total. The zero-order chi connectivity index (χ0) is 12.4. The van der Waals surface area contributed by atoms with E-state index in [-0.39, 0.29) is 0 Å². The number of nitrogens with zero attached hydrogens (tertiary/aromatic N) is 3. The zero-order valence-electron chi connectivity index (χ0n) is 10.2. The molecule has 4 heteroatoms. The van der Waals surface area contributed by atoms with Gasteiger partial charge in [-0.05, 0) is 25.0 Å². The lowest BCUT2D eigenvalue weighted by molar-refractivity contribution is 0.648. The Morgan fingerprint density at radius 1 is 1.11 bits per heavy atom. The standard InChI is InChI=1S/C14H16ClN3/c15-10-13-16-17-14(11-6-4-5-7-11)18(13)12-8-2-1-3-9-12/h1-3,8-9,11H,4-7,10H2. The topological polar surface area (TPSA) is 30.7 Å². The number of hydrogen-bond donors (Lipinski definition) is 0. The summed E-state index contributed by atoms with van der Waals surface area (Å²) in [4.78, 5) is 0. The minimum absolute atomic E-state index is 0.397. The third-order valence-electron chi connectivity index (χ3n) is 3.61. The first kappa shape index (κ1) is 11.7. The van der Waals surface area contributed by atoms with Gasteiger partial charge in [-0.15, -0.1) is 21.8 Å². The van der Waals surface area contributed by atoms with Crippen molar-refractivity contribution in [1.29, 1.82) is 0 Å². The average Bonchev–Trinajstić information content (AvgIpc) is 3.08. The smallest absolute Gasteiger partial charge is 0.152 e. The predicted molar refractivity (Wildman–Crippen MR) is 72.1 cm³/mol. The molecule has 94 valence electrons. The van der Waals surface area contributed by atoms with Crippen LogP contribution in [0.1, 0.15) is 43.3 Å². The number of alkyl halides is 1. The fourth-order valence-electron chi connectivity index (χ4n) is 2.72. The van der Waals surface area contributed by atoms with Gasteiger partial charge in [0.2, 0.25) is 0 Å². The molecule has 2 aromatic rings. The summed E-state index contributed by atoms with van der Waals surface area (Å²) in [6, 6.07) is 10.2. The van der Waals surface area contributed by atoms with Crippen molar-refractivity contribution < 1.29 is 0 Å². The number of para-hydroxylation sites is 1. The van der Waals surface area contributed by atoms with E-state index in [2.05, 4.69) is 26.9 Å². The molecule has 1 aliphatic carbocycles. The normalized spacial score (nSPS) is 16.3. The van der Waals surface area contributed by atoms with Gasteiger partial charge in [-0.25, -0.2) is 0 Å². The van der Waals surface area contributed by atoms with Gasteiger partial charge >= 0.3 is 0 Å². The molecule has 0 aliphatic heterocycles. The van der Waals surface area contributed by atoms with Crippen molar-refractivity contribution in [3.8, 4) is 5.69 Å². The number of hydrogen-bond acceptors (Lipinski definition) is 2. The lowest BCUT2D eigenvalue weighted by atomic mass is 10.1. The van der Waals surface area contributed by atoms with Gasteiger partial charge < -0.3 is 0 Å². The minimum Gasteiger partial charge on any atom is -0.282 e. The Labute approximate surface area is 112 Å². The van der Waals surface area contributed by atoms with Gasteiger partial charge in [-0.2, -0.15) is 0 Å². The number of halogens is 1. The van der Waals surface area contributed by atoms with E-state index in [0.29, 0.717) is 11.8 Å². The summed E-state index contributed by atoms with van der Waals surface area (Å²) >= 11 is 5.98. The highest BCUT2D eigenvalue weighted by Crippen LogP contribution is 2.34. The summed E-state index contributed by atoms with van der Waals surface area (Å²) in [6.45, 7) is 0. The molecule has 1 aliphatic rings. The first-order valence-electron chi connectivity index (χ1n) is 6.45. The van der Waals surface area contributed by atoms with Crippen LogP contribution in [0, 0.1) is 0 Å². The number of aromatic nitrogens is 3. The van der Waals surface area contributed by atoms with Crippen LogP contribution in [0.2, 0.25) is 0 Å². The van der Waals surface area contributed by atoms with Gasteiger partial charge in [-0.1, -0.05) is 31.0 Å². The molecule has 0 saturated heterocycles. The van der Waals surface area contributed by atoms with Crippen molar-refractivity contribution in [3.05, 3.63) is 42.0 Å². The third kappa shape index (κ3) is 2.03. The second kappa shape index (κ2) is 5.11. The Hall–Kier alpha value is -1.35. The summed E-state index contributed by atoms with van der Waals surface area (Å²) in [5, 5.41) is 8.61. The molecule has 0 amide bonds. The Morgan fingerprint density at radius 2 is 1.83 bits per heavy atom. The van der Waals surface area contributed by atoms with Crippen LogP contribution >= 0.6 is 11.6 Å². The van der Waals surface area contributed by atoms with Crippen LogP contribution in [0.5, 0.6) is 0 Å². The lowest BCUT2D eigenvalue weighted by Gasteiger charge is -2.13. The summed E-state index contributed by atoms with van der Waals surface area (Å²) in [7, 11) is 0. The van der Waals surface area contributed by atoms with Crippen LogP contribution in [0.3, 0.4) is 0 Å². The quantitative estimate of drug-likeness (QED) is 0.790. The molecule has 0 radical (unpaired) electrons. The van der Waals surface area contributed by atoms with Crippen LogP contribution < -0.4 is 0 Å². The van der Waals surface area contributed by atoms with E-state index < -0.39 is 0 Å². The van der Waals surface area contributed by atoms with Gasteiger partial charge in [0.05, 0.1) is 5.88 Å². The van der Waals surface area contributed by atoms with Crippen LogP contribution in [-0.2, 0) is 5.88 Å². The van der Waals surface area contributed by atoms with Crippen LogP contribution in [0.4, 0.5) is 0 Å². The van der Waals surface area contributed by atoms with Crippen molar-refractivity contribution in [2.75, 3.05) is 0 Å². The predicted octanol–water partition coefficient (Wildman–Crippen LogP) is 3.66. The second-order valence-corrected chi connectivity index (χ2v) is 5.03. The van der Waals surface area contributed by atoms with Crippen molar-refractivity contribution in [2.24, 2.45) is 0 Å². The Bertz CT molecular complexity index is 515. The number of rotatable bonds is 3. The van der Waals surface area contributed by atoms with E-state index >= 15 is 0 Å². The largest absolute Gasteiger partial charge is 0.282 e. The molecular formula is C14H16ClN3. The Morgan fingerprint density at radius 3 is 2.50 bits per heavy atom. The lowest BCUT2D eigenvalue weighted by Crippen LogP contribution is -2.07. The molecule has 0 bridgehead atoms. The SMILES string of the molecule is ClCc1nnc(C2CCCC2)n1-c1ccccc1. The van der Waals surface area contributed by atoms with E-state index in [0.717, 1.165) is 17.3 Å². The monoisotopic (exact) mass is 261 g/mol. The molecule has 18 heavy (non-hydrogen) atoms. The number of benzene rings is 1. The van der Waals surface area contributed by atoms with Gasteiger partial charge in [0.1, 0.15) is 5.82 Å². The van der Waals surface area contributed by atoms with E-state index in [1.165, 1.54) is 25.7 Å². The van der Waals surface area contributed by atoms with E-state index in [4.69, 9.17) is 11.6 Å². The fourth-order valence-corrected chi connectivity index (χ4v) is 2.90. The third-order valence-corrected chi connectivity index (χ3v) is 3.85. The molecule has 0 N–H and O–H groups in total. The summed E-state index contributed by atoms with van der Waals surface area (Å²) in [5.41, 5.74) is 1.11. The molecule has 1 aromatic carbocycles. The van der Waals surface area contributed by atoms with Crippen LogP contribution in [-0.4, -0.2) is 14.8 Å². The second-order valence-electron chi connectivity index (χ2n) is 4.76. The molecule has 1 saturated carbocycles. The first-order valence-corrected chi connectivity index (χ1v) is 6.99. The summed E-state index contributed by atoms with van der Waals surface area (Å²) < 4.78 is 2.13. The van der Waals surface area contributed by atoms with Crippen LogP contribution in [0.15, 0.2) is 30.3 Å². The molecule has 0 unspecified atom stereocenters. The molecule has 0 atom stereocenters. The molecule has 0 spiro atoms. The van der Waals surface area contributed by atoms with Crippen molar-refractivity contribution >= 4 is 11.6 Å². The van der Waals surface area contributed by atoms with Crippen molar-refractivity contribution in [3.63, 3.8) is 0 Å². The maximum absolute atomic E-state index is 5.98. The van der Waals surface area contributed by atoms with Crippen LogP contribution in [0.25, 0.3) is 5.69 Å². The highest BCUT2D eigenvalue weighted by atomic mass is 35.5. The maximum Gasteiger partial charge on any atom is 0.152 e. The highest BCUT2D eigenvalue weighted by Gasteiger charge is 2.24. The fraction of sp³-hybridized carbons (Fsp3) is 0.429. The molecule has 3 rings (SSSR count). The van der Waals surface area contributed by atoms with E-state index in [1.54, 1.807) is 0 Å². The van der Waals surface area contributed by atoms with Gasteiger partial charge in [-0.3, -0.25) is 4.57 Å². The van der Waals surface area contributed by atoms with E-state index in [1.807, 2.05) is 18.2 Å². The van der Waals surface area contributed by atoms with Gasteiger partial charge in [0, 0.05) is 11.6 Å². The van der Waals surface area contributed by atoms with E-state index in [9.17, 15) is 0 Å². The summed E-state index contributed by atoms with van der Waals surface area (Å²) in [5.74, 6) is 2.85. The minimum atomic E-state index is 0.397. The molecular weight excluding hydrogens is 246 g/mol. The highest BCUT2D eigenvalue weighted by molar-refractivity contribution is 6.16. The Kier molecular flexibility index (Phi) is 3.33. The summed E-state index contributed by atoms with van der Waals surface area (Å²) in [6.07, 6.45) is 5.02.